The van der Waals surface area contributed by atoms with Crippen LogP contribution < -0.4 is 5.32 Å². The minimum Gasteiger partial charge on any atom is -0.469 e. The van der Waals surface area contributed by atoms with Crippen molar-refractivity contribution in [1.82, 2.24) is 4.90 Å². The standard InChI is InChI=1S/C22H26N2O4/c1-16(2)21(26)23-19-11-9-18(10-12-19)22(27)24(14-13-20(25)28-3)15-17-7-5-4-6-8-17/h4-12,16H,13-15H2,1-3H3,(H,23,26). The first-order chi connectivity index (χ1) is 13.4. The number of hydrogen-bond donors (Lipinski definition) is 1. The van der Waals surface area contributed by atoms with E-state index in [9.17, 15) is 14.4 Å². The summed E-state index contributed by atoms with van der Waals surface area (Å²) >= 11 is 0. The lowest BCUT2D eigenvalue weighted by atomic mass is 10.1. The van der Waals surface area contributed by atoms with Crippen molar-refractivity contribution in [3.8, 4) is 0 Å². The van der Waals surface area contributed by atoms with E-state index in [-0.39, 0.29) is 36.7 Å². The van der Waals surface area contributed by atoms with E-state index < -0.39 is 0 Å². The summed E-state index contributed by atoms with van der Waals surface area (Å²) in [5.74, 6) is -0.754. The summed E-state index contributed by atoms with van der Waals surface area (Å²) < 4.78 is 4.69. The fourth-order valence-corrected chi connectivity index (χ4v) is 2.55. The Hall–Kier alpha value is -3.15. The number of methoxy groups -OCH3 is 1. The van der Waals surface area contributed by atoms with Gasteiger partial charge in [-0.2, -0.15) is 0 Å². The van der Waals surface area contributed by atoms with Crippen LogP contribution in [0.5, 0.6) is 0 Å². The molecule has 0 aliphatic heterocycles. The number of carbonyl (C=O) groups excluding carboxylic acids is 3. The van der Waals surface area contributed by atoms with Gasteiger partial charge >= 0.3 is 5.97 Å². The quantitative estimate of drug-likeness (QED) is 0.709. The maximum absolute atomic E-state index is 13.0. The molecule has 0 aliphatic carbocycles. The van der Waals surface area contributed by atoms with Gasteiger partial charge in [0.05, 0.1) is 13.5 Å². The van der Waals surface area contributed by atoms with E-state index in [1.807, 2.05) is 44.2 Å². The van der Waals surface area contributed by atoms with Gasteiger partial charge in [0.25, 0.3) is 5.91 Å². The molecule has 0 radical (unpaired) electrons. The van der Waals surface area contributed by atoms with Crippen LogP contribution in [0.4, 0.5) is 5.69 Å². The number of anilines is 1. The molecule has 0 spiro atoms. The van der Waals surface area contributed by atoms with Gasteiger partial charge in [0.1, 0.15) is 0 Å². The van der Waals surface area contributed by atoms with Gasteiger partial charge in [-0.3, -0.25) is 14.4 Å². The molecule has 6 nitrogen and oxygen atoms in total. The molecular formula is C22H26N2O4. The highest BCUT2D eigenvalue weighted by atomic mass is 16.5. The van der Waals surface area contributed by atoms with Crippen LogP contribution >= 0.6 is 0 Å². The molecular weight excluding hydrogens is 356 g/mol. The molecule has 1 N–H and O–H groups in total. The van der Waals surface area contributed by atoms with Crippen molar-refractivity contribution >= 4 is 23.5 Å². The molecule has 0 unspecified atom stereocenters. The summed E-state index contributed by atoms with van der Waals surface area (Å²) in [4.78, 5) is 37.9. The van der Waals surface area contributed by atoms with E-state index in [1.165, 1.54) is 7.11 Å². The molecule has 0 aliphatic rings. The Morgan fingerprint density at radius 2 is 1.64 bits per heavy atom. The van der Waals surface area contributed by atoms with E-state index in [2.05, 4.69) is 5.32 Å². The molecule has 0 bridgehead atoms. The van der Waals surface area contributed by atoms with E-state index in [4.69, 9.17) is 4.74 Å². The molecule has 6 heteroatoms. The van der Waals surface area contributed by atoms with Crippen molar-refractivity contribution < 1.29 is 19.1 Å². The normalized spacial score (nSPS) is 10.4. The Kier molecular flexibility index (Phi) is 7.75. The molecule has 0 saturated heterocycles. The summed E-state index contributed by atoms with van der Waals surface area (Å²) in [6, 6.07) is 16.3. The first-order valence-corrected chi connectivity index (χ1v) is 9.21. The smallest absolute Gasteiger partial charge is 0.307 e. The van der Waals surface area contributed by atoms with Gasteiger partial charge in [-0.1, -0.05) is 44.2 Å². The lowest BCUT2D eigenvalue weighted by Gasteiger charge is -2.23. The topological polar surface area (TPSA) is 75.7 Å². The number of hydrogen-bond acceptors (Lipinski definition) is 4. The van der Waals surface area contributed by atoms with Gasteiger partial charge in [0, 0.05) is 30.3 Å². The number of rotatable bonds is 8. The lowest BCUT2D eigenvalue weighted by molar-refractivity contribution is -0.140. The van der Waals surface area contributed by atoms with E-state index in [0.29, 0.717) is 17.8 Å². The van der Waals surface area contributed by atoms with Crippen LogP contribution in [0.3, 0.4) is 0 Å². The summed E-state index contributed by atoms with van der Waals surface area (Å²) in [7, 11) is 1.33. The third-order valence-electron chi connectivity index (χ3n) is 4.24. The van der Waals surface area contributed by atoms with Gasteiger partial charge < -0.3 is 15.0 Å². The van der Waals surface area contributed by atoms with Crippen LogP contribution in [-0.2, 0) is 20.9 Å². The van der Waals surface area contributed by atoms with Crippen molar-refractivity contribution in [2.24, 2.45) is 5.92 Å². The molecule has 2 aromatic rings. The Morgan fingerprint density at radius 1 is 1.00 bits per heavy atom. The van der Waals surface area contributed by atoms with E-state index >= 15 is 0 Å². The molecule has 2 rings (SSSR count). The average molecular weight is 382 g/mol. The van der Waals surface area contributed by atoms with Crippen molar-refractivity contribution in [3.63, 3.8) is 0 Å². The van der Waals surface area contributed by atoms with Gasteiger partial charge in [0.2, 0.25) is 5.91 Å². The minimum absolute atomic E-state index is 0.0807. The SMILES string of the molecule is COC(=O)CCN(Cc1ccccc1)C(=O)c1ccc(NC(=O)C(C)C)cc1. The molecule has 2 amide bonds. The van der Waals surface area contributed by atoms with Gasteiger partial charge in [0.15, 0.2) is 0 Å². The third-order valence-corrected chi connectivity index (χ3v) is 4.24. The molecule has 0 atom stereocenters. The minimum atomic E-state index is -0.363. The van der Waals surface area contributed by atoms with Gasteiger partial charge in [-0.05, 0) is 29.8 Å². The summed E-state index contributed by atoms with van der Waals surface area (Å²) in [5.41, 5.74) is 2.10. The highest BCUT2D eigenvalue weighted by Gasteiger charge is 2.18. The highest BCUT2D eigenvalue weighted by molar-refractivity contribution is 5.96. The third kappa shape index (κ3) is 6.23. The van der Waals surface area contributed by atoms with Crippen molar-refractivity contribution in [2.45, 2.75) is 26.8 Å². The maximum atomic E-state index is 13.0. The van der Waals surface area contributed by atoms with Crippen molar-refractivity contribution in [3.05, 3.63) is 65.7 Å². The number of nitrogens with one attached hydrogen (secondary N) is 1. The van der Waals surface area contributed by atoms with Crippen LogP contribution in [0.1, 0.15) is 36.2 Å². The zero-order valence-corrected chi connectivity index (χ0v) is 16.5. The van der Waals surface area contributed by atoms with Crippen LogP contribution in [-0.4, -0.2) is 36.3 Å². The van der Waals surface area contributed by atoms with Crippen LogP contribution in [0.15, 0.2) is 54.6 Å². The lowest BCUT2D eigenvalue weighted by Crippen LogP contribution is -2.32. The van der Waals surface area contributed by atoms with Crippen LogP contribution in [0.2, 0.25) is 0 Å². The number of benzene rings is 2. The molecule has 0 saturated carbocycles. The molecule has 0 heterocycles. The molecule has 28 heavy (non-hydrogen) atoms. The predicted octanol–water partition coefficient (Wildman–Crippen LogP) is 3.49. The number of ether oxygens (including phenoxy) is 1. The molecule has 0 aromatic heterocycles. The summed E-state index contributed by atoms with van der Waals surface area (Å²) in [6.07, 6.45) is 0.123. The molecule has 148 valence electrons. The summed E-state index contributed by atoms with van der Waals surface area (Å²) in [5, 5.41) is 2.80. The van der Waals surface area contributed by atoms with Crippen LogP contribution in [0.25, 0.3) is 0 Å². The predicted molar refractivity (Wildman–Crippen MR) is 108 cm³/mol. The second-order valence-electron chi connectivity index (χ2n) is 6.76. The Labute approximate surface area is 165 Å². The largest absolute Gasteiger partial charge is 0.469 e. The van der Waals surface area contributed by atoms with Crippen LogP contribution in [0, 0.1) is 5.92 Å². The van der Waals surface area contributed by atoms with E-state index in [1.54, 1.807) is 29.2 Å². The number of carbonyl (C=O) groups is 3. The Balaban J connectivity index is 2.13. The zero-order valence-electron chi connectivity index (χ0n) is 16.5. The van der Waals surface area contributed by atoms with Gasteiger partial charge in [-0.15, -0.1) is 0 Å². The monoisotopic (exact) mass is 382 g/mol. The fourth-order valence-electron chi connectivity index (χ4n) is 2.55. The van der Waals surface area contributed by atoms with Crippen molar-refractivity contribution in [2.75, 3.05) is 19.0 Å². The second kappa shape index (κ2) is 10.3. The average Bonchev–Trinajstić information content (AvgIpc) is 2.71. The fraction of sp³-hybridized carbons (Fsp3) is 0.318. The van der Waals surface area contributed by atoms with Crippen molar-refractivity contribution in [1.29, 1.82) is 0 Å². The zero-order chi connectivity index (χ0) is 20.5. The first kappa shape index (κ1) is 21.2. The Morgan fingerprint density at radius 3 is 2.21 bits per heavy atom. The molecule has 0 fully saturated rings. The number of amides is 2. The number of nitrogens with zero attached hydrogens (tertiary/aromatic N) is 1. The summed E-state index contributed by atoms with van der Waals surface area (Å²) in [6.45, 7) is 4.28. The van der Waals surface area contributed by atoms with E-state index in [0.717, 1.165) is 5.56 Å². The second-order valence-corrected chi connectivity index (χ2v) is 6.76. The highest BCUT2D eigenvalue weighted by Crippen LogP contribution is 2.15. The Bertz CT molecular complexity index is 801. The van der Waals surface area contributed by atoms with Gasteiger partial charge in [-0.25, -0.2) is 0 Å². The maximum Gasteiger partial charge on any atom is 0.307 e. The first-order valence-electron chi connectivity index (χ1n) is 9.21. The molecule has 2 aromatic carbocycles. The number of esters is 1.